The molecular formula is C36H49N3OS. The summed E-state index contributed by atoms with van der Waals surface area (Å²) in [4.78, 5) is 23.4. The fourth-order valence-corrected chi connectivity index (χ4v) is 6.48. The number of benzene rings is 3. The molecule has 0 bridgehead atoms. The first kappa shape index (κ1) is 31.0. The van der Waals surface area contributed by atoms with Gasteiger partial charge < -0.3 is 9.80 Å². The lowest BCUT2D eigenvalue weighted by Gasteiger charge is -2.34. The Labute approximate surface area is 253 Å². The molecule has 0 aliphatic carbocycles. The molecule has 1 aliphatic rings. The highest BCUT2D eigenvalue weighted by Crippen LogP contribution is 2.51. The largest absolute Gasteiger partial charge is 0.372 e. The van der Waals surface area contributed by atoms with Crippen molar-refractivity contribution in [2.45, 2.75) is 95.8 Å². The summed E-state index contributed by atoms with van der Waals surface area (Å²) in [5.41, 5.74) is 6.34. The van der Waals surface area contributed by atoms with Crippen molar-refractivity contribution in [3.63, 3.8) is 0 Å². The summed E-state index contributed by atoms with van der Waals surface area (Å²) in [7, 11) is 0. The van der Waals surface area contributed by atoms with Crippen LogP contribution in [0.2, 0.25) is 0 Å². The lowest BCUT2D eigenvalue weighted by molar-refractivity contribution is 0.0998. The zero-order valence-electron chi connectivity index (χ0n) is 25.9. The van der Waals surface area contributed by atoms with Gasteiger partial charge in [0.05, 0.1) is 11.4 Å². The second-order valence-corrected chi connectivity index (χ2v) is 12.4. The van der Waals surface area contributed by atoms with E-state index in [9.17, 15) is 4.79 Å². The Morgan fingerprint density at radius 1 is 0.634 bits per heavy atom. The molecule has 0 saturated heterocycles. The molecule has 0 radical (unpaired) electrons. The van der Waals surface area contributed by atoms with Crippen molar-refractivity contribution in [2.75, 3.05) is 40.9 Å². The Morgan fingerprint density at radius 3 is 1.44 bits per heavy atom. The molecule has 1 heterocycles. The molecule has 4 rings (SSSR count). The van der Waals surface area contributed by atoms with Crippen LogP contribution in [0.15, 0.2) is 70.5 Å². The highest BCUT2D eigenvalue weighted by molar-refractivity contribution is 7.99. The highest BCUT2D eigenvalue weighted by atomic mass is 32.2. The number of anilines is 4. The van der Waals surface area contributed by atoms with Crippen molar-refractivity contribution in [1.29, 1.82) is 0 Å². The van der Waals surface area contributed by atoms with Crippen LogP contribution in [0, 0.1) is 6.92 Å². The van der Waals surface area contributed by atoms with E-state index in [0.29, 0.717) is 5.56 Å². The zero-order chi connectivity index (χ0) is 29.2. The Bertz CT molecular complexity index is 1190. The van der Waals surface area contributed by atoms with Crippen LogP contribution in [0.3, 0.4) is 0 Å². The van der Waals surface area contributed by atoms with Gasteiger partial charge >= 0.3 is 0 Å². The van der Waals surface area contributed by atoms with Crippen LogP contribution in [0.25, 0.3) is 0 Å². The van der Waals surface area contributed by atoms with Crippen molar-refractivity contribution in [3.05, 3.63) is 71.8 Å². The zero-order valence-corrected chi connectivity index (χ0v) is 26.7. The third-order valence-corrected chi connectivity index (χ3v) is 9.04. The molecule has 0 unspecified atom stereocenters. The van der Waals surface area contributed by atoms with Crippen LogP contribution in [-0.4, -0.2) is 32.1 Å². The number of carbonyl (C=O) groups is 1. The molecule has 0 fully saturated rings. The van der Waals surface area contributed by atoms with Gasteiger partial charge in [0.1, 0.15) is 0 Å². The van der Waals surface area contributed by atoms with Crippen molar-refractivity contribution in [1.82, 2.24) is 0 Å². The molecule has 0 aromatic heterocycles. The summed E-state index contributed by atoms with van der Waals surface area (Å²) >= 11 is 1.81. The third-order valence-electron chi connectivity index (χ3n) is 7.95. The van der Waals surface area contributed by atoms with Crippen LogP contribution in [0.4, 0.5) is 22.7 Å². The van der Waals surface area contributed by atoms with Gasteiger partial charge in [-0.15, -0.1) is 0 Å². The number of nitrogens with zero attached hydrogens (tertiary/aromatic N) is 3. The molecule has 41 heavy (non-hydrogen) atoms. The molecule has 5 heteroatoms. The number of amides is 1. The van der Waals surface area contributed by atoms with E-state index in [1.54, 1.807) is 0 Å². The van der Waals surface area contributed by atoms with Gasteiger partial charge in [-0.2, -0.15) is 0 Å². The van der Waals surface area contributed by atoms with Gasteiger partial charge in [-0.25, -0.2) is 0 Å². The lowest BCUT2D eigenvalue weighted by Crippen LogP contribution is -2.30. The van der Waals surface area contributed by atoms with Crippen LogP contribution >= 0.6 is 11.8 Å². The minimum Gasteiger partial charge on any atom is -0.372 e. The molecule has 1 aliphatic heterocycles. The Hall–Kier alpha value is -2.92. The second-order valence-electron chi connectivity index (χ2n) is 11.3. The number of rotatable bonds is 15. The topological polar surface area (TPSA) is 26.8 Å². The maximum absolute atomic E-state index is 14.1. The van der Waals surface area contributed by atoms with E-state index in [-0.39, 0.29) is 5.91 Å². The number of hydrogen-bond acceptors (Lipinski definition) is 4. The molecule has 0 N–H and O–H groups in total. The second kappa shape index (κ2) is 15.3. The molecule has 0 atom stereocenters. The maximum atomic E-state index is 14.1. The number of unbranched alkanes of at least 4 members (excludes halogenated alkanes) is 4. The first-order valence-corrected chi connectivity index (χ1v) is 16.7. The molecule has 1 amide bonds. The normalized spacial score (nSPS) is 12.2. The van der Waals surface area contributed by atoms with Gasteiger partial charge in [0.15, 0.2) is 0 Å². The van der Waals surface area contributed by atoms with Gasteiger partial charge in [0.25, 0.3) is 5.91 Å². The number of hydrogen-bond donors (Lipinski definition) is 0. The molecule has 0 saturated carbocycles. The first-order chi connectivity index (χ1) is 20.0. The molecule has 0 spiro atoms. The van der Waals surface area contributed by atoms with Crippen molar-refractivity contribution < 1.29 is 4.79 Å². The number of carbonyl (C=O) groups excluding carboxylic acids is 1. The fourth-order valence-electron chi connectivity index (χ4n) is 5.36. The van der Waals surface area contributed by atoms with E-state index in [1.807, 2.05) is 40.9 Å². The Balaban J connectivity index is 1.77. The predicted octanol–water partition coefficient (Wildman–Crippen LogP) is 10.3. The van der Waals surface area contributed by atoms with Crippen LogP contribution in [0.5, 0.6) is 0 Å². The molecule has 3 aromatic rings. The van der Waals surface area contributed by atoms with Gasteiger partial charge in [-0.1, -0.05) is 82.8 Å². The third kappa shape index (κ3) is 7.68. The van der Waals surface area contributed by atoms with E-state index in [1.165, 1.54) is 62.7 Å². The number of aryl methyl sites for hydroxylation is 1. The molecular weight excluding hydrogens is 522 g/mol. The summed E-state index contributed by atoms with van der Waals surface area (Å²) in [6.07, 6.45) is 9.47. The highest BCUT2D eigenvalue weighted by Gasteiger charge is 2.30. The molecule has 3 aromatic carbocycles. The predicted molar refractivity (Wildman–Crippen MR) is 179 cm³/mol. The lowest BCUT2D eigenvalue weighted by atomic mass is 10.1. The van der Waals surface area contributed by atoms with Crippen molar-refractivity contribution >= 4 is 40.4 Å². The summed E-state index contributed by atoms with van der Waals surface area (Å²) in [5.74, 6) is 0.0240. The summed E-state index contributed by atoms with van der Waals surface area (Å²) in [6, 6.07) is 21.4. The van der Waals surface area contributed by atoms with E-state index < -0.39 is 0 Å². The maximum Gasteiger partial charge on any atom is 0.262 e. The summed E-state index contributed by atoms with van der Waals surface area (Å²) < 4.78 is 0. The van der Waals surface area contributed by atoms with E-state index >= 15 is 0 Å². The van der Waals surface area contributed by atoms with E-state index in [2.05, 4.69) is 80.8 Å². The SMILES string of the molecule is CCCCN(CCCC)c1ccc2c(c1)Sc1cc(N(CCCC)CCCC)ccc1N2C(=O)c1ccc(C)cc1. The van der Waals surface area contributed by atoms with E-state index in [4.69, 9.17) is 0 Å². The smallest absolute Gasteiger partial charge is 0.262 e. The van der Waals surface area contributed by atoms with Crippen molar-refractivity contribution in [2.24, 2.45) is 0 Å². The monoisotopic (exact) mass is 571 g/mol. The van der Waals surface area contributed by atoms with Crippen LogP contribution < -0.4 is 14.7 Å². The molecule has 220 valence electrons. The van der Waals surface area contributed by atoms with Gasteiger partial charge in [0.2, 0.25) is 0 Å². The van der Waals surface area contributed by atoms with Crippen LogP contribution in [0.1, 0.15) is 95.0 Å². The van der Waals surface area contributed by atoms with Gasteiger partial charge in [-0.3, -0.25) is 9.69 Å². The average Bonchev–Trinajstić information content (AvgIpc) is 2.99. The first-order valence-electron chi connectivity index (χ1n) is 15.9. The Morgan fingerprint density at radius 2 is 1.05 bits per heavy atom. The standard InChI is InChI=1S/C36H49N3OS/c1-6-10-22-37(23-11-7-2)30-18-20-32-34(26-30)41-35-27-31(38(24-12-8-3)25-13-9-4)19-21-33(35)39(32)36(40)29-16-14-28(5)15-17-29/h14-21,26-27H,6-13,22-25H2,1-5H3. The minimum absolute atomic E-state index is 0.0240. The Kier molecular flexibility index (Phi) is 11.6. The van der Waals surface area contributed by atoms with E-state index in [0.717, 1.165) is 52.9 Å². The summed E-state index contributed by atoms with van der Waals surface area (Å²) in [5, 5.41) is 0. The minimum atomic E-state index is 0.0240. The average molecular weight is 572 g/mol. The fraction of sp³-hybridized carbons (Fsp3) is 0.472. The van der Waals surface area contributed by atoms with Crippen LogP contribution in [-0.2, 0) is 0 Å². The quantitative estimate of drug-likeness (QED) is 0.181. The molecule has 4 nitrogen and oxygen atoms in total. The van der Waals surface area contributed by atoms with Crippen molar-refractivity contribution in [3.8, 4) is 0 Å². The van der Waals surface area contributed by atoms with Gasteiger partial charge in [0, 0.05) is 52.9 Å². The van der Waals surface area contributed by atoms with Gasteiger partial charge in [-0.05, 0) is 81.1 Å². The summed E-state index contributed by atoms with van der Waals surface area (Å²) in [6.45, 7) is 15.4. The number of fused-ring (bicyclic) bond motifs is 2.